The van der Waals surface area contributed by atoms with Gasteiger partial charge in [-0.2, -0.15) is 0 Å². The van der Waals surface area contributed by atoms with Gasteiger partial charge in [0.1, 0.15) is 18.0 Å². The monoisotopic (exact) mass is 340 g/mol. The van der Waals surface area contributed by atoms with Crippen molar-refractivity contribution in [2.45, 2.75) is 19.4 Å². The van der Waals surface area contributed by atoms with E-state index < -0.39 is 6.10 Å². The topological polar surface area (TPSA) is 67.9 Å². The average Bonchev–Trinajstić information content (AvgIpc) is 2.64. The van der Waals surface area contributed by atoms with E-state index >= 15 is 0 Å². The number of fused-ring (bicyclic) bond motifs is 1. The maximum absolute atomic E-state index is 12.6. The summed E-state index contributed by atoms with van der Waals surface area (Å²) in [6, 6.07) is 14.4. The van der Waals surface area contributed by atoms with Crippen molar-refractivity contribution in [2.24, 2.45) is 0 Å². The Bertz CT molecular complexity index is 790. The van der Waals surface area contributed by atoms with Crippen LogP contribution in [-0.4, -0.2) is 31.6 Å². The lowest BCUT2D eigenvalue weighted by atomic mass is 10.1. The van der Waals surface area contributed by atoms with Gasteiger partial charge in [0.25, 0.3) is 5.91 Å². The lowest BCUT2D eigenvalue weighted by molar-refractivity contribution is -0.128. The molecule has 2 aromatic rings. The highest BCUT2D eigenvalue weighted by Gasteiger charge is 2.34. The van der Waals surface area contributed by atoms with Crippen LogP contribution >= 0.6 is 0 Å². The van der Waals surface area contributed by atoms with Crippen LogP contribution < -0.4 is 19.7 Å². The Morgan fingerprint density at radius 3 is 2.68 bits per heavy atom. The number of nitrogens with one attached hydrogen (secondary N) is 1. The van der Waals surface area contributed by atoms with E-state index in [0.717, 1.165) is 0 Å². The van der Waals surface area contributed by atoms with Gasteiger partial charge in [-0.1, -0.05) is 31.2 Å². The molecule has 1 atom stereocenters. The van der Waals surface area contributed by atoms with Crippen LogP contribution in [0.2, 0.25) is 0 Å². The van der Waals surface area contributed by atoms with Crippen molar-refractivity contribution in [1.82, 2.24) is 0 Å². The van der Waals surface area contributed by atoms with Gasteiger partial charge in [-0.15, -0.1) is 0 Å². The number of carbonyl (C=O) groups is 2. The Morgan fingerprint density at radius 1 is 1.20 bits per heavy atom. The van der Waals surface area contributed by atoms with Crippen molar-refractivity contribution >= 4 is 23.2 Å². The summed E-state index contributed by atoms with van der Waals surface area (Å²) in [4.78, 5) is 26.6. The highest BCUT2D eigenvalue weighted by Crippen LogP contribution is 2.34. The van der Waals surface area contributed by atoms with E-state index in [-0.39, 0.29) is 18.4 Å². The van der Waals surface area contributed by atoms with E-state index in [4.69, 9.17) is 9.47 Å². The predicted octanol–water partition coefficient (Wildman–Crippen LogP) is 2.84. The summed E-state index contributed by atoms with van der Waals surface area (Å²) >= 11 is 0. The third-order valence-electron chi connectivity index (χ3n) is 4.02. The second-order valence-electron chi connectivity index (χ2n) is 5.66. The van der Waals surface area contributed by atoms with Crippen LogP contribution in [-0.2, 0) is 9.59 Å². The third kappa shape index (κ3) is 3.42. The minimum atomic E-state index is -0.575. The number of anilines is 2. The van der Waals surface area contributed by atoms with Gasteiger partial charge in [-0.05, 0) is 30.7 Å². The first-order chi connectivity index (χ1) is 12.1. The van der Waals surface area contributed by atoms with E-state index in [2.05, 4.69) is 5.32 Å². The van der Waals surface area contributed by atoms with Crippen LogP contribution in [0.15, 0.2) is 48.5 Å². The molecule has 0 aromatic heterocycles. The molecule has 130 valence electrons. The first-order valence-electron chi connectivity index (χ1n) is 8.14. The molecule has 0 fully saturated rings. The van der Waals surface area contributed by atoms with Crippen molar-refractivity contribution in [1.29, 1.82) is 0 Å². The second kappa shape index (κ2) is 7.25. The number of hydrogen-bond donors (Lipinski definition) is 1. The SMILES string of the molecule is CC[C@@H]1Oc2ccccc2N(CC(=O)Nc2ccccc2OC)C1=O. The third-order valence-corrected chi connectivity index (χ3v) is 4.02. The Labute approximate surface area is 146 Å². The summed E-state index contributed by atoms with van der Waals surface area (Å²) in [5.74, 6) is 0.663. The van der Waals surface area contributed by atoms with Crippen LogP contribution in [0.5, 0.6) is 11.5 Å². The summed E-state index contributed by atoms with van der Waals surface area (Å²) in [6.45, 7) is 1.79. The van der Waals surface area contributed by atoms with Gasteiger partial charge in [-0.3, -0.25) is 14.5 Å². The Kier molecular flexibility index (Phi) is 4.88. The van der Waals surface area contributed by atoms with Gasteiger partial charge in [0.05, 0.1) is 18.5 Å². The van der Waals surface area contributed by atoms with E-state index in [1.54, 1.807) is 37.4 Å². The summed E-state index contributed by atoms with van der Waals surface area (Å²) in [7, 11) is 1.54. The molecule has 2 aromatic carbocycles. The van der Waals surface area contributed by atoms with Gasteiger partial charge in [0, 0.05) is 0 Å². The van der Waals surface area contributed by atoms with Gasteiger partial charge < -0.3 is 14.8 Å². The number of rotatable bonds is 5. The standard InChI is InChI=1S/C19H20N2O4/c1-3-15-19(23)21(14-9-5-7-11-17(14)25-15)12-18(22)20-13-8-4-6-10-16(13)24-2/h4-11,15H,3,12H2,1-2H3,(H,20,22)/t15-/m0/s1. The number of benzene rings is 2. The number of nitrogens with zero attached hydrogens (tertiary/aromatic N) is 1. The van der Waals surface area contributed by atoms with Gasteiger partial charge >= 0.3 is 0 Å². The lowest BCUT2D eigenvalue weighted by Crippen LogP contribution is -2.48. The molecule has 6 heteroatoms. The van der Waals surface area contributed by atoms with Crippen LogP contribution in [0.4, 0.5) is 11.4 Å². The van der Waals surface area contributed by atoms with Crippen molar-refractivity contribution in [3.05, 3.63) is 48.5 Å². The minimum absolute atomic E-state index is 0.0895. The Balaban J connectivity index is 1.81. The maximum atomic E-state index is 12.6. The Hall–Kier alpha value is -3.02. The number of hydrogen-bond acceptors (Lipinski definition) is 4. The van der Waals surface area contributed by atoms with E-state index in [9.17, 15) is 9.59 Å². The number of ether oxygens (including phenoxy) is 2. The molecule has 0 unspecified atom stereocenters. The van der Waals surface area contributed by atoms with Crippen molar-refractivity contribution in [2.75, 3.05) is 23.9 Å². The molecule has 0 bridgehead atoms. The molecule has 1 aliphatic heterocycles. The minimum Gasteiger partial charge on any atom is -0.495 e. The smallest absolute Gasteiger partial charge is 0.268 e. The number of carbonyl (C=O) groups excluding carboxylic acids is 2. The number of para-hydroxylation sites is 4. The molecule has 0 aliphatic carbocycles. The van der Waals surface area contributed by atoms with Gasteiger partial charge in [-0.25, -0.2) is 0 Å². The maximum Gasteiger partial charge on any atom is 0.268 e. The van der Waals surface area contributed by atoms with E-state index in [1.165, 1.54) is 4.90 Å². The molecule has 1 N–H and O–H groups in total. The normalized spacial score (nSPS) is 16.0. The molecule has 1 heterocycles. The fourth-order valence-electron chi connectivity index (χ4n) is 2.78. The first-order valence-corrected chi connectivity index (χ1v) is 8.14. The predicted molar refractivity (Wildman–Crippen MR) is 95.1 cm³/mol. The zero-order valence-corrected chi connectivity index (χ0v) is 14.2. The van der Waals surface area contributed by atoms with Crippen molar-refractivity contribution in [3.63, 3.8) is 0 Å². The molecule has 1 aliphatic rings. The largest absolute Gasteiger partial charge is 0.495 e. The highest BCUT2D eigenvalue weighted by molar-refractivity contribution is 6.06. The van der Waals surface area contributed by atoms with Gasteiger partial charge in [0.15, 0.2) is 6.10 Å². The molecular weight excluding hydrogens is 320 g/mol. The molecule has 0 saturated carbocycles. The molecule has 2 amide bonds. The fourth-order valence-corrected chi connectivity index (χ4v) is 2.78. The first kappa shape index (κ1) is 16.8. The summed E-state index contributed by atoms with van der Waals surface area (Å²) < 4.78 is 10.9. The van der Waals surface area contributed by atoms with E-state index in [1.807, 2.05) is 25.1 Å². The van der Waals surface area contributed by atoms with Crippen LogP contribution in [0.1, 0.15) is 13.3 Å². The molecule has 6 nitrogen and oxygen atoms in total. The Morgan fingerprint density at radius 2 is 1.92 bits per heavy atom. The fraction of sp³-hybridized carbons (Fsp3) is 0.263. The molecule has 0 radical (unpaired) electrons. The molecule has 3 rings (SSSR count). The molecule has 0 saturated heterocycles. The molecule has 0 spiro atoms. The van der Waals surface area contributed by atoms with E-state index in [0.29, 0.717) is 29.3 Å². The van der Waals surface area contributed by atoms with Crippen molar-refractivity contribution < 1.29 is 19.1 Å². The van der Waals surface area contributed by atoms with Crippen LogP contribution in [0.3, 0.4) is 0 Å². The quantitative estimate of drug-likeness (QED) is 0.909. The average molecular weight is 340 g/mol. The summed E-state index contributed by atoms with van der Waals surface area (Å²) in [5, 5.41) is 2.79. The van der Waals surface area contributed by atoms with Gasteiger partial charge in [0.2, 0.25) is 5.91 Å². The summed E-state index contributed by atoms with van der Waals surface area (Å²) in [6.07, 6.45) is -0.0356. The zero-order valence-electron chi connectivity index (χ0n) is 14.2. The molecular formula is C19H20N2O4. The zero-order chi connectivity index (χ0) is 17.8. The lowest BCUT2D eigenvalue weighted by Gasteiger charge is -2.33. The van der Waals surface area contributed by atoms with Crippen molar-refractivity contribution in [3.8, 4) is 11.5 Å². The highest BCUT2D eigenvalue weighted by atomic mass is 16.5. The number of amides is 2. The second-order valence-corrected chi connectivity index (χ2v) is 5.66. The molecule has 25 heavy (non-hydrogen) atoms. The summed E-state index contributed by atoms with van der Waals surface area (Å²) in [5.41, 5.74) is 1.17. The number of methoxy groups -OCH3 is 1. The van der Waals surface area contributed by atoms with Crippen LogP contribution in [0.25, 0.3) is 0 Å². The van der Waals surface area contributed by atoms with Crippen LogP contribution in [0, 0.1) is 0 Å².